The van der Waals surface area contributed by atoms with Gasteiger partial charge in [-0.25, -0.2) is 14.8 Å². The second-order valence-corrected chi connectivity index (χ2v) is 6.34. The van der Waals surface area contributed by atoms with Crippen LogP contribution in [-0.2, 0) is 4.74 Å². The summed E-state index contributed by atoms with van der Waals surface area (Å²) in [7, 11) is 0. The number of rotatable bonds is 2. The van der Waals surface area contributed by atoms with E-state index in [0.29, 0.717) is 5.82 Å². The van der Waals surface area contributed by atoms with Crippen LogP contribution in [0.1, 0.15) is 20.8 Å². The molecule has 0 spiro atoms. The smallest absolute Gasteiger partial charge is 0.413 e. The highest BCUT2D eigenvalue weighted by atomic mass is 79.9. The summed E-state index contributed by atoms with van der Waals surface area (Å²) in [6.45, 7) is 5.42. The summed E-state index contributed by atoms with van der Waals surface area (Å²) < 4.78 is 6.18. The molecule has 1 aromatic heterocycles. The fourth-order valence-electron chi connectivity index (χ4n) is 1.61. The fourth-order valence-corrected chi connectivity index (χ4v) is 1.88. The van der Waals surface area contributed by atoms with E-state index < -0.39 is 11.7 Å². The van der Waals surface area contributed by atoms with Crippen molar-refractivity contribution in [2.75, 3.05) is 5.32 Å². The number of hydrogen-bond donors (Lipinski definition) is 1. The van der Waals surface area contributed by atoms with Crippen molar-refractivity contribution in [3.8, 4) is 11.3 Å². The molecule has 0 fully saturated rings. The van der Waals surface area contributed by atoms with Gasteiger partial charge in [0, 0.05) is 16.1 Å². The van der Waals surface area contributed by atoms with Crippen molar-refractivity contribution in [2.24, 2.45) is 0 Å². The van der Waals surface area contributed by atoms with Crippen LogP contribution < -0.4 is 5.32 Å². The highest BCUT2D eigenvalue weighted by molar-refractivity contribution is 9.10. The zero-order valence-corrected chi connectivity index (χ0v) is 13.6. The monoisotopic (exact) mass is 349 g/mol. The van der Waals surface area contributed by atoms with Gasteiger partial charge >= 0.3 is 6.09 Å². The van der Waals surface area contributed by atoms with Crippen LogP contribution in [0.4, 0.5) is 10.6 Å². The molecule has 6 heteroatoms. The van der Waals surface area contributed by atoms with Gasteiger partial charge in [-0.2, -0.15) is 0 Å². The first-order valence-electron chi connectivity index (χ1n) is 6.41. The molecule has 0 aliphatic heterocycles. The van der Waals surface area contributed by atoms with Crippen molar-refractivity contribution in [3.05, 3.63) is 41.1 Å². The Bertz CT molecular complexity index is 636. The molecule has 1 heterocycles. The van der Waals surface area contributed by atoms with Gasteiger partial charge in [0.1, 0.15) is 17.7 Å². The predicted molar refractivity (Wildman–Crippen MR) is 85.0 cm³/mol. The predicted octanol–water partition coefficient (Wildman–Crippen LogP) is 4.25. The molecule has 0 saturated heterocycles. The van der Waals surface area contributed by atoms with Crippen LogP contribution in [-0.4, -0.2) is 21.7 Å². The lowest BCUT2D eigenvalue weighted by atomic mass is 10.1. The minimum atomic E-state index is -0.550. The molecule has 5 nitrogen and oxygen atoms in total. The second kappa shape index (κ2) is 6.22. The molecule has 0 atom stereocenters. The number of ether oxygens (including phenoxy) is 1. The number of carbonyl (C=O) groups is 1. The molecule has 0 aliphatic carbocycles. The van der Waals surface area contributed by atoms with Gasteiger partial charge in [-0.05, 0) is 32.9 Å². The summed E-state index contributed by atoms with van der Waals surface area (Å²) in [6, 6.07) is 9.43. The average molecular weight is 350 g/mol. The maximum Gasteiger partial charge on any atom is 0.413 e. The second-order valence-electron chi connectivity index (χ2n) is 5.42. The van der Waals surface area contributed by atoms with Crippen molar-refractivity contribution < 1.29 is 9.53 Å². The van der Waals surface area contributed by atoms with Gasteiger partial charge < -0.3 is 4.74 Å². The number of halogens is 1. The number of anilines is 1. The zero-order valence-electron chi connectivity index (χ0n) is 12.1. The molecule has 1 aromatic carbocycles. The first kappa shape index (κ1) is 15.4. The largest absolute Gasteiger partial charge is 0.444 e. The van der Waals surface area contributed by atoms with E-state index in [1.165, 1.54) is 6.33 Å². The van der Waals surface area contributed by atoms with Crippen LogP contribution in [0.3, 0.4) is 0 Å². The van der Waals surface area contributed by atoms with E-state index in [4.69, 9.17) is 4.74 Å². The Hall–Kier alpha value is -1.95. The van der Waals surface area contributed by atoms with E-state index in [9.17, 15) is 4.79 Å². The van der Waals surface area contributed by atoms with E-state index in [0.717, 1.165) is 15.7 Å². The third-order valence-corrected chi connectivity index (χ3v) is 2.96. The van der Waals surface area contributed by atoms with Crippen molar-refractivity contribution in [2.45, 2.75) is 26.4 Å². The molecule has 1 N–H and O–H groups in total. The van der Waals surface area contributed by atoms with Crippen molar-refractivity contribution in [1.29, 1.82) is 0 Å². The Balaban J connectivity index is 2.14. The quantitative estimate of drug-likeness (QED) is 0.879. The maximum atomic E-state index is 11.7. The van der Waals surface area contributed by atoms with Crippen LogP contribution >= 0.6 is 15.9 Å². The lowest BCUT2D eigenvalue weighted by molar-refractivity contribution is 0.0635. The molecule has 0 radical (unpaired) electrons. The van der Waals surface area contributed by atoms with Gasteiger partial charge in [-0.3, -0.25) is 5.32 Å². The van der Waals surface area contributed by atoms with Gasteiger partial charge in [0.15, 0.2) is 0 Å². The Labute approximate surface area is 131 Å². The Morgan fingerprint density at radius 2 is 1.86 bits per heavy atom. The minimum Gasteiger partial charge on any atom is -0.444 e. The number of amides is 1. The molecule has 0 unspecified atom stereocenters. The van der Waals surface area contributed by atoms with E-state index >= 15 is 0 Å². The van der Waals surface area contributed by atoms with E-state index in [2.05, 4.69) is 31.2 Å². The zero-order chi connectivity index (χ0) is 15.5. The summed E-state index contributed by atoms with van der Waals surface area (Å²) in [5, 5.41) is 2.60. The lowest BCUT2D eigenvalue weighted by Gasteiger charge is -2.19. The number of hydrogen-bond acceptors (Lipinski definition) is 4. The van der Waals surface area contributed by atoms with Crippen LogP contribution in [0.15, 0.2) is 41.1 Å². The van der Waals surface area contributed by atoms with Crippen molar-refractivity contribution >= 4 is 27.8 Å². The van der Waals surface area contributed by atoms with Crippen LogP contribution in [0.2, 0.25) is 0 Å². The van der Waals surface area contributed by atoms with Crippen LogP contribution in [0.25, 0.3) is 11.3 Å². The van der Waals surface area contributed by atoms with Crippen molar-refractivity contribution in [1.82, 2.24) is 9.97 Å². The highest BCUT2D eigenvalue weighted by Gasteiger charge is 2.16. The Morgan fingerprint density at radius 3 is 2.48 bits per heavy atom. The Kier molecular flexibility index (Phi) is 4.57. The number of carbonyl (C=O) groups excluding carboxylic acids is 1. The Morgan fingerprint density at radius 1 is 1.19 bits per heavy atom. The summed E-state index contributed by atoms with van der Waals surface area (Å²) in [5.41, 5.74) is 1.11. The van der Waals surface area contributed by atoms with E-state index in [-0.39, 0.29) is 0 Å². The van der Waals surface area contributed by atoms with E-state index in [1.54, 1.807) is 26.8 Å². The third-order valence-electron chi connectivity index (χ3n) is 2.44. The van der Waals surface area contributed by atoms with Crippen LogP contribution in [0, 0.1) is 0 Å². The lowest BCUT2D eigenvalue weighted by Crippen LogP contribution is -2.27. The summed E-state index contributed by atoms with van der Waals surface area (Å²) in [5.74, 6) is 0.400. The molecular formula is C15H16BrN3O2. The minimum absolute atomic E-state index is 0.400. The number of benzene rings is 1. The molecule has 1 amide bonds. The summed E-state index contributed by atoms with van der Waals surface area (Å²) in [6.07, 6.45) is 0.868. The molecule has 21 heavy (non-hydrogen) atoms. The summed E-state index contributed by atoms with van der Waals surface area (Å²) >= 11 is 3.39. The molecule has 2 rings (SSSR count). The average Bonchev–Trinajstić information content (AvgIpc) is 2.37. The SMILES string of the molecule is CC(C)(C)OC(=O)Nc1cc(-c2ccc(Br)cc2)ncn1. The molecule has 2 aromatic rings. The molecular weight excluding hydrogens is 334 g/mol. The molecule has 0 aliphatic rings. The maximum absolute atomic E-state index is 11.7. The van der Waals surface area contributed by atoms with Gasteiger partial charge in [0.25, 0.3) is 0 Å². The van der Waals surface area contributed by atoms with Gasteiger partial charge in [0.05, 0.1) is 5.69 Å². The number of nitrogens with one attached hydrogen (secondary N) is 1. The first-order valence-corrected chi connectivity index (χ1v) is 7.21. The highest BCUT2D eigenvalue weighted by Crippen LogP contribution is 2.21. The number of aromatic nitrogens is 2. The fraction of sp³-hybridized carbons (Fsp3) is 0.267. The molecule has 110 valence electrons. The van der Waals surface area contributed by atoms with E-state index in [1.807, 2.05) is 24.3 Å². The van der Waals surface area contributed by atoms with Crippen LogP contribution in [0.5, 0.6) is 0 Å². The third kappa shape index (κ3) is 4.82. The molecule has 0 saturated carbocycles. The number of nitrogens with zero attached hydrogens (tertiary/aromatic N) is 2. The van der Waals surface area contributed by atoms with Gasteiger partial charge in [0.2, 0.25) is 0 Å². The van der Waals surface area contributed by atoms with Gasteiger partial charge in [-0.15, -0.1) is 0 Å². The topological polar surface area (TPSA) is 64.1 Å². The normalized spacial score (nSPS) is 11.0. The molecule has 0 bridgehead atoms. The first-order chi connectivity index (χ1) is 9.83. The standard InChI is InChI=1S/C15H16BrN3O2/c1-15(2,3)21-14(20)19-13-8-12(17-9-18-13)10-4-6-11(16)7-5-10/h4-9H,1-3H3,(H,17,18,19,20). The summed E-state index contributed by atoms with van der Waals surface area (Å²) in [4.78, 5) is 19.9. The van der Waals surface area contributed by atoms with Crippen molar-refractivity contribution in [3.63, 3.8) is 0 Å². The van der Waals surface area contributed by atoms with Gasteiger partial charge in [-0.1, -0.05) is 28.1 Å².